The van der Waals surface area contributed by atoms with Crippen LogP contribution in [-0.2, 0) is 6.42 Å². The van der Waals surface area contributed by atoms with Crippen molar-refractivity contribution >= 4 is 0 Å². The van der Waals surface area contributed by atoms with Gasteiger partial charge in [-0.25, -0.2) is 0 Å². The van der Waals surface area contributed by atoms with Crippen LogP contribution in [0, 0.1) is 0 Å². The van der Waals surface area contributed by atoms with Crippen LogP contribution in [0.25, 0.3) is 0 Å². The Morgan fingerprint density at radius 3 is 2.70 bits per heavy atom. The minimum atomic E-state index is 0.0956. The second-order valence-electron chi connectivity index (χ2n) is 4.49. The number of likely N-dealkylation sites (N-methyl/N-ethyl adjacent to an activating group) is 1. The van der Waals surface area contributed by atoms with Gasteiger partial charge in [-0.15, -0.1) is 0 Å². The van der Waals surface area contributed by atoms with Gasteiger partial charge < -0.3 is 14.8 Å². The van der Waals surface area contributed by atoms with Crippen molar-refractivity contribution in [1.82, 2.24) is 10.3 Å². The molecule has 106 valence electrons. The molecule has 1 atom stereocenters. The number of hydrogen-bond donors (Lipinski definition) is 1. The Morgan fingerprint density at radius 1 is 1.15 bits per heavy atom. The summed E-state index contributed by atoms with van der Waals surface area (Å²) < 4.78 is 10.6. The lowest BCUT2D eigenvalue weighted by Crippen LogP contribution is -2.20. The predicted molar refractivity (Wildman–Crippen MR) is 79.3 cm³/mol. The molecular weight excluding hydrogens is 252 g/mol. The lowest BCUT2D eigenvalue weighted by atomic mass is 10.0. The first-order valence-electron chi connectivity index (χ1n) is 6.57. The summed E-state index contributed by atoms with van der Waals surface area (Å²) in [6.45, 7) is 0. The molecule has 4 nitrogen and oxygen atoms in total. The highest BCUT2D eigenvalue weighted by Crippen LogP contribution is 2.26. The summed E-state index contributed by atoms with van der Waals surface area (Å²) in [5.74, 6) is 1.67. The summed E-state index contributed by atoms with van der Waals surface area (Å²) in [7, 11) is 5.27. The molecule has 0 aliphatic carbocycles. The minimum absolute atomic E-state index is 0.0956. The number of aromatic nitrogens is 1. The third-order valence-electron chi connectivity index (χ3n) is 3.27. The molecule has 4 heteroatoms. The number of nitrogens with one attached hydrogen (secondary N) is 1. The Bertz CT molecular complexity index is 558. The molecule has 0 spiro atoms. The normalized spacial score (nSPS) is 11.9. The van der Waals surface area contributed by atoms with Gasteiger partial charge in [0.2, 0.25) is 0 Å². The molecule has 0 aliphatic heterocycles. The van der Waals surface area contributed by atoms with Crippen molar-refractivity contribution in [2.75, 3.05) is 21.3 Å². The summed E-state index contributed by atoms with van der Waals surface area (Å²) in [4.78, 5) is 4.44. The summed E-state index contributed by atoms with van der Waals surface area (Å²) in [5, 5.41) is 3.30. The summed E-state index contributed by atoms with van der Waals surface area (Å²) in [6, 6.07) is 12.0. The maximum absolute atomic E-state index is 5.38. The first-order chi connectivity index (χ1) is 9.78. The lowest BCUT2D eigenvalue weighted by molar-refractivity contribution is 0.396. The number of hydrogen-bond acceptors (Lipinski definition) is 4. The number of benzene rings is 1. The fraction of sp³-hybridized carbons (Fsp3) is 0.312. The monoisotopic (exact) mass is 272 g/mol. The quantitative estimate of drug-likeness (QED) is 0.878. The van der Waals surface area contributed by atoms with Crippen LogP contribution in [0.15, 0.2) is 42.6 Å². The van der Waals surface area contributed by atoms with Gasteiger partial charge in [0.1, 0.15) is 11.5 Å². The van der Waals surface area contributed by atoms with Crippen LogP contribution in [-0.4, -0.2) is 26.3 Å². The fourth-order valence-electron chi connectivity index (χ4n) is 2.21. The molecule has 1 unspecified atom stereocenters. The number of nitrogens with zero attached hydrogens (tertiary/aromatic N) is 1. The fourth-order valence-corrected chi connectivity index (χ4v) is 2.21. The molecule has 1 aromatic heterocycles. The van der Waals surface area contributed by atoms with Crippen molar-refractivity contribution in [3.05, 3.63) is 53.9 Å². The van der Waals surface area contributed by atoms with Crippen LogP contribution in [0.4, 0.5) is 0 Å². The minimum Gasteiger partial charge on any atom is -0.497 e. The number of pyridine rings is 1. The zero-order valence-electron chi connectivity index (χ0n) is 12.1. The number of methoxy groups -OCH3 is 2. The Hall–Kier alpha value is -2.07. The summed E-state index contributed by atoms with van der Waals surface area (Å²) >= 11 is 0. The second kappa shape index (κ2) is 6.91. The van der Waals surface area contributed by atoms with Crippen LogP contribution in [0.5, 0.6) is 11.5 Å². The van der Waals surface area contributed by atoms with E-state index < -0.39 is 0 Å². The predicted octanol–water partition coefficient (Wildman–Crippen LogP) is 2.60. The van der Waals surface area contributed by atoms with Gasteiger partial charge in [0.25, 0.3) is 0 Å². The van der Waals surface area contributed by atoms with E-state index in [-0.39, 0.29) is 6.04 Å². The average molecular weight is 272 g/mol. The Kier molecular flexibility index (Phi) is 4.96. The van der Waals surface area contributed by atoms with Gasteiger partial charge in [-0.2, -0.15) is 0 Å². The molecule has 0 saturated carbocycles. The molecule has 20 heavy (non-hydrogen) atoms. The summed E-state index contributed by atoms with van der Waals surface area (Å²) in [5.41, 5.74) is 2.11. The van der Waals surface area contributed by atoms with Gasteiger partial charge in [0.15, 0.2) is 0 Å². The van der Waals surface area contributed by atoms with Gasteiger partial charge >= 0.3 is 0 Å². The van der Waals surface area contributed by atoms with Crippen LogP contribution in [0.1, 0.15) is 17.3 Å². The topological polar surface area (TPSA) is 43.4 Å². The smallest absolute Gasteiger partial charge is 0.141 e. The maximum Gasteiger partial charge on any atom is 0.141 e. The maximum atomic E-state index is 5.38. The van der Waals surface area contributed by atoms with Crippen LogP contribution in [0.3, 0.4) is 0 Å². The highest BCUT2D eigenvalue weighted by Gasteiger charge is 2.16. The van der Waals surface area contributed by atoms with Gasteiger partial charge in [0, 0.05) is 6.20 Å². The van der Waals surface area contributed by atoms with E-state index in [1.165, 1.54) is 5.56 Å². The van der Waals surface area contributed by atoms with Crippen molar-refractivity contribution in [2.24, 2.45) is 0 Å². The SMILES string of the molecule is CNC(Cc1cccc(OC)c1)c1ncccc1OC. The van der Waals surface area contributed by atoms with Crippen molar-refractivity contribution in [3.8, 4) is 11.5 Å². The molecule has 2 aromatic rings. The third kappa shape index (κ3) is 3.27. The molecule has 2 rings (SSSR count). The van der Waals surface area contributed by atoms with Gasteiger partial charge in [-0.05, 0) is 43.3 Å². The van der Waals surface area contributed by atoms with E-state index >= 15 is 0 Å². The molecule has 0 saturated heterocycles. The molecule has 1 aromatic carbocycles. The van der Waals surface area contributed by atoms with E-state index in [1.54, 1.807) is 20.4 Å². The molecule has 0 bridgehead atoms. The third-order valence-corrected chi connectivity index (χ3v) is 3.27. The first-order valence-corrected chi connectivity index (χ1v) is 6.57. The molecule has 1 heterocycles. The zero-order valence-corrected chi connectivity index (χ0v) is 12.1. The molecule has 0 amide bonds. The lowest BCUT2D eigenvalue weighted by Gasteiger charge is -2.18. The van der Waals surface area contributed by atoms with E-state index in [9.17, 15) is 0 Å². The number of rotatable bonds is 6. The van der Waals surface area contributed by atoms with Crippen molar-refractivity contribution in [1.29, 1.82) is 0 Å². The molecular formula is C16H20N2O2. The largest absolute Gasteiger partial charge is 0.497 e. The highest BCUT2D eigenvalue weighted by atomic mass is 16.5. The zero-order chi connectivity index (χ0) is 14.4. The van der Waals surface area contributed by atoms with Crippen molar-refractivity contribution in [2.45, 2.75) is 12.5 Å². The highest BCUT2D eigenvalue weighted by molar-refractivity contribution is 5.33. The average Bonchev–Trinajstić information content (AvgIpc) is 2.52. The van der Waals surface area contributed by atoms with Gasteiger partial charge in [0.05, 0.1) is 26.0 Å². The van der Waals surface area contributed by atoms with Gasteiger partial charge in [-0.1, -0.05) is 12.1 Å². The molecule has 0 fully saturated rings. The van der Waals surface area contributed by atoms with Crippen LogP contribution in [0.2, 0.25) is 0 Å². The molecule has 1 N–H and O–H groups in total. The molecule has 0 radical (unpaired) electrons. The Balaban J connectivity index is 2.24. The summed E-state index contributed by atoms with van der Waals surface area (Å²) in [6.07, 6.45) is 2.61. The standard InChI is InChI=1S/C16H20N2O2/c1-17-14(16-15(20-3)8-5-9-18-16)11-12-6-4-7-13(10-12)19-2/h4-10,14,17H,11H2,1-3H3. The van der Waals surface area contributed by atoms with Crippen LogP contribution >= 0.6 is 0 Å². The van der Waals surface area contributed by atoms with E-state index in [0.29, 0.717) is 0 Å². The van der Waals surface area contributed by atoms with Crippen LogP contribution < -0.4 is 14.8 Å². The van der Waals surface area contributed by atoms with E-state index in [2.05, 4.69) is 16.4 Å². The number of ether oxygens (including phenoxy) is 2. The Morgan fingerprint density at radius 2 is 2.00 bits per heavy atom. The second-order valence-corrected chi connectivity index (χ2v) is 4.49. The molecule has 0 aliphatic rings. The van der Waals surface area contributed by atoms with Crippen molar-refractivity contribution < 1.29 is 9.47 Å². The first kappa shape index (κ1) is 14.3. The van der Waals surface area contributed by atoms with Crippen molar-refractivity contribution in [3.63, 3.8) is 0 Å². The van der Waals surface area contributed by atoms with Gasteiger partial charge in [-0.3, -0.25) is 4.98 Å². The van der Waals surface area contributed by atoms with E-state index in [4.69, 9.17) is 9.47 Å². The van der Waals surface area contributed by atoms with E-state index in [0.717, 1.165) is 23.6 Å². The van der Waals surface area contributed by atoms with E-state index in [1.807, 2.05) is 37.4 Å². The Labute approximate surface area is 119 Å².